The fourth-order valence-corrected chi connectivity index (χ4v) is 2.50. The number of anilines is 4. The Morgan fingerprint density at radius 3 is 1.21 bits per heavy atom. The van der Waals surface area contributed by atoms with Crippen LogP contribution in [-0.2, 0) is 0 Å². The van der Waals surface area contributed by atoms with E-state index in [9.17, 15) is 0 Å². The van der Waals surface area contributed by atoms with Gasteiger partial charge in [0.1, 0.15) is 0 Å². The Hall–Kier alpha value is -2.40. The van der Waals surface area contributed by atoms with E-state index in [1.54, 1.807) is 0 Å². The van der Waals surface area contributed by atoms with Crippen molar-refractivity contribution in [2.45, 2.75) is 12.6 Å². The van der Waals surface area contributed by atoms with Gasteiger partial charge in [-0.3, -0.25) is 0 Å². The predicted octanol–water partition coefficient (Wildman–Crippen LogP) is 2.22. The van der Waals surface area contributed by atoms with Gasteiger partial charge < -0.3 is 21.3 Å². The minimum Gasteiger partial charge on any atom is -0.351 e. The Bertz CT molecular complexity index is 509. The average Bonchev–Trinajstić information content (AvgIpc) is 3.00. The minimum absolute atomic E-state index is 0.0108. The third kappa shape index (κ3) is 1.84. The summed E-state index contributed by atoms with van der Waals surface area (Å²) >= 11 is 0. The number of benzene rings is 2. The van der Waals surface area contributed by atoms with Crippen molar-refractivity contribution in [2.75, 3.05) is 21.3 Å². The topological polar surface area (TPSA) is 60.1 Å². The maximum absolute atomic E-state index is 3.43. The van der Waals surface area contributed by atoms with Crippen molar-refractivity contribution in [3.05, 3.63) is 48.5 Å². The molecule has 5 N–H and O–H groups in total. The van der Waals surface area contributed by atoms with Gasteiger partial charge in [-0.05, 0) is 24.3 Å². The molecule has 2 aromatic carbocycles. The molecule has 0 spiro atoms. The predicted molar refractivity (Wildman–Crippen MR) is 78.1 cm³/mol. The van der Waals surface area contributed by atoms with E-state index in [4.69, 9.17) is 0 Å². The Labute approximate surface area is 111 Å². The van der Waals surface area contributed by atoms with Gasteiger partial charge in [0.15, 0.2) is 12.6 Å². The first-order valence-electron chi connectivity index (χ1n) is 6.39. The van der Waals surface area contributed by atoms with Crippen molar-refractivity contribution in [1.29, 1.82) is 0 Å². The maximum atomic E-state index is 3.43. The third-order valence-corrected chi connectivity index (χ3v) is 3.39. The molecule has 5 nitrogen and oxygen atoms in total. The normalized spacial score (nSPS) is 16.8. The molecule has 0 fully saturated rings. The molecule has 0 amide bonds. The van der Waals surface area contributed by atoms with Gasteiger partial charge in [0, 0.05) is 0 Å². The van der Waals surface area contributed by atoms with Crippen molar-refractivity contribution >= 4 is 22.7 Å². The molecule has 2 heterocycles. The van der Waals surface area contributed by atoms with Crippen molar-refractivity contribution in [3.8, 4) is 0 Å². The molecule has 5 heteroatoms. The first-order valence-corrected chi connectivity index (χ1v) is 6.39. The summed E-state index contributed by atoms with van der Waals surface area (Å²) in [6.45, 7) is 0. The number of hydrogen-bond acceptors (Lipinski definition) is 5. The molecular weight excluding hydrogens is 238 g/mol. The van der Waals surface area contributed by atoms with E-state index in [0.29, 0.717) is 0 Å². The van der Waals surface area contributed by atoms with Crippen LogP contribution >= 0.6 is 0 Å². The van der Waals surface area contributed by atoms with Crippen LogP contribution in [0.25, 0.3) is 0 Å². The van der Waals surface area contributed by atoms with E-state index in [0.717, 1.165) is 22.7 Å². The number of nitrogens with one attached hydrogen (secondary N) is 5. The van der Waals surface area contributed by atoms with Gasteiger partial charge in [-0.15, -0.1) is 0 Å². The van der Waals surface area contributed by atoms with E-state index < -0.39 is 0 Å². The summed E-state index contributed by atoms with van der Waals surface area (Å²) in [5.74, 6) is 0. The first-order chi connectivity index (χ1) is 9.38. The lowest BCUT2D eigenvalue weighted by molar-refractivity contribution is 0.570. The van der Waals surface area contributed by atoms with Crippen LogP contribution in [0.2, 0.25) is 0 Å². The van der Waals surface area contributed by atoms with Crippen LogP contribution in [0.5, 0.6) is 0 Å². The Morgan fingerprint density at radius 2 is 0.895 bits per heavy atom. The van der Waals surface area contributed by atoms with E-state index in [2.05, 4.69) is 50.8 Å². The molecule has 0 unspecified atom stereocenters. The zero-order valence-electron chi connectivity index (χ0n) is 10.3. The summed E-state index contributed by atoms with van der Waals surface area (Å²) < 4.78 is 0. The summed E-state index contributed by atoms with van der Waals surface area (Å²) in [5, 5.41) is 17.0. The van der Waals surface area contributed by atoms with Gasteiger partial charge in [-0.1, -0.05) is 24.3 Å². The van der Waals surface area contributed by atoms with Crippen molar-refractivity contribution in [1.82, 2.24) is 5.32 Å². The van der Waals surface area contributed by atoms with Crippen LogP contribution in [0.4, 0.5) is 22.7 Å². The Morgan fingerprint density at radius 1 is 0.579 bits per heavy atom. The zero-order valence-corrected chi connectivity index (χ0v) is 10.3. The third-order valence-electron chi connectivity index (χ3n) is 3.39. The van der Waals surface area contributed by atoms with Crippen LogP contribution in [0, 0.1) is 0 Å². The van der Waals surface area contributed by atoms with Crippen LogP contribution in [0.3, 0.4) is 0 Å². The van der Waals surface area contributed by atoms with Gasteiger partial charge >= 0.3 is 0 Å². The lowest BCUT2D eigenvalue weighted by Crippen LogP contribution is -2.50. The first kappa shape index (κ1) is 10.5. The summed E-state index contributed by atoms with van der Waals surface area (Å²) in [6.07, 6.45) is 0.0217. The van der Waals surface area contributed by atoms with Gasteiger partial charge in [-0.2, -0.15) is 0 Å². The van der Waals surface area contributed by atoms with E-state index in [-0.39, 0.29) is 12.6 Å². The molecule has 0 bridgehead atoms. The van der Waals surface area contributed by atoms with Crippen molar-refractivity contribution in [2.24, 2.45) is 0 Å². The molecule has 96 valence electrons. The second-order valence-electron chi connectivity index (χ2n) is 4.70. The van der Waals surface area contributed by atoms with Crippen LogP contribution < -0.4 is 26.6 Å². The van der Waals surface area contributed by atoms with Crippen molar-refractivity contribution in [3.63, 3.8) is 0 Å². The summed E-state index contributed by atoms with van der Waals surface area (Å²) in [4.78, 5) is 0. The fraction of sp³-hybridized carbons (Fsp3) is 0.143. The highest BCUT2D eigenvalue weighted by atomic mass is 15.4. The van der Waals surface area contributed by atoms with Crippen LogP contribution in [0.1, 0.15) is 0 Å². The quantitative estimate of drug-likeness (QED) is 0.568. The Balaban J connectivity index is 1.43. The molecule has 0 aliphatic carbocycles. The van der Waals surface area contributed by atoms with Gasteiger partial charge in [0.25, 0.3) is 0 Å². The lowest BCUT2D eigenvalue weighted by atomic mass is 10.3. The molecule has 2 aromatic rings. The summed E-state index contributed by atoms with van der Waals surface area (Å²) in [5.41, 5.74) is 4.48. The number of fused-ring (bicyclic) bond motifs is 2. The zero-order chi connectivity index (χ0) is 12.7. The number of hydrogen-bond donors (Lipinski definition) is 5. The second kappa shape index (κ2) is 4.07. The molecule has 2 aliphatic heterocycles. The van der Waals surface area contributed by atoms with Gasteiger partial charge in [0.05, 0.1) is 22.7 Å². The number of para-hydroxylation sites is 4. The highest BCUT2D eigenvalue weighted by Crippen LogP contribution is 2.29. The standard InChI is InChI=1S/C14H15N5/c1-2-6-10-9(5-1)15-13(16-10)19-14-17-11-7-3-4-8-12(11)18-14/h1-8,13-19H. The molecule has 0 aromatic heterocycles. The van der Waals surface area contributed by atoms with Crippen LogP contribution in [-0.4, -0.2) is 12.6 Å². The molecule has 0 saturated heterocycles. The minimum atomic E-state index is 0.0108. The number of rotatable bonds is 2. The van der Waals surface area contributed by atoms with E-state index in [1.165, 1.54) is 0 Å². The monoisotopic (exact) mass is 253 g/mol. The average molecular weight is 253 g/mol. The van der Waals surface area contributed by atoms with Gasteiger partial charge in [-0.25, -0.2) is 5.32 Å². The molecule has 19 heavy (non-hydrogen) atoms. The van der Waals surface area contributed by atoms with Crippen molar-refractivity contribution < 1.29 is 0 Å². The lowest BCUT2D eigenvalue weighted by Gasteiger charge is -2.20. The summed E-state index contributed by atoms with van der Waals surface area (Å²) in [6, 6.07) is 16.4. The summed E-state index contributed by atoms with van der Waals surface area (Å²) in [7, 11) is 0. The SMILES string of the molecule is c1ccc2c(c1)NC(NC1Nc3ccccc3N1)N2. The smallest absolute Gasteiger partial charge is 0.156 e. The Kier molecular flexibility index (Phi) is 2.25. The highest BCUT2D eigenvalue weighted by Gasteiger charge is 2.24. The second-order valence-corrected chi connectivity index (χ2v) is 4.70. The molecular formula is C14H15N5. The maximum Gasteiger partial charge on any atom is 0.156 e. The van der Waals surface area contributed by atoms with E-state index in [1.807, 2.05) is 24.3 Å². The fourth-order valence-electron chi connectivity index (χ4n) is 2.50. The highest BCUT2D eigenvalue weighted by molar-refractivity contribution is 5.75. The largest absolute Gasteiger partial charge is 0.351 e. The van der Waals surface area contributed by atoms with Gasteiger partial charge in [0.2, 0.25) is 0 Å². The molecule has 0 saturated carbocycles. The molecule has 4 rings (SSSR count). The van der Waals surface area contributed by atoms with Crippen LogP contribution in [0.15, 0.2) is 48.5 Å². The molecule has 2 aliphatic rings. The molecule has 0 radical (unpaired) electrons. The van der Waals surface area contributed by atoms with E-state index >= 15 is 0 Å². The molecule has 0 atom stereocenters.